The second-order valence-corrected chi connectivity index (χ2v) is 4.11. The highest BCUT2D eigenvalue weighted by Gasteiger charge is 2.02. The molecule has 2 rings (SSSR count). The second-order valence-electron chi connectivity index (χ2n) is 3.84. The number of benzene rings is 2. The number of nitriles is 1. The quantitative estimate of drug-likeness (QED) is 0.779. The summed E-state index contributed by atoms with van der Waals surface area (Å²) < 4.78 is 5.72. The summed E-state index contributed by atoms with van der Waals surface area (Å²) in [6.07, 6.45) is 0. The van der Waals surface area contributed by atoms with Crippen LogP contribution in [-0.2, 0) is 12.5 Å². The molecule has 0 heterocycles. The van der Waals surface area contributed by atoms with Gasteiger partial charge in [0, 0.05) is 5.56 Å². The highest BCUT2D eigenvalue weighted by atomic mass is 35.5. The van der Waals surface area contributed by atoms with Crippen molar-refractivity contribution >= 4 is 11.6 Å². The van der Waals surface area contributed by atoms with E-state index in [4.69, 9.17) is 21.6 Å². The van der Waals surface area contributed by atoms with Gasteiger partial charge in [-0.15, -0.1) is 11.6 Å². The molecule has 2 nitrogen and oxygen atoms in total. The van der Waals surface area contributed by atoms with Crippen molar-refractivity contribution in [1.82, 2.24) is 0 Å². The molecule has 0 aliphatic rings. The monoisotopic (exact) mass is 257 g/mol. The molecule has 3 heteroatoms. The van der Waals surface area contributed by atoms with Crippen LogP contribution in [0.3, 0.4) is 0 Å². The van der Waals surface area contributed by atoms with Crippen LogP contribution in [0.5, 0.6) is 5.75 Å². The average Bonchev–Trinajstić information content (AvgIpc) is 2.45. The second kappa shape index (κ2) is 6.09. The largest absolute Gasteiger partial charge is 0.489 e. The molecular weight excluding hydrogens is 246 g/mol. The van der Waals surface area contributed by atoms with Crippen molar-refractivity contribution in [3.8, 4) is 11.8 Å². The molecule has 0 spiro atoms. The Morgan fingerprint density at radius 3 is 2.72 bits per heavy atom. The number of hydrogen-bond donors (Lipinski definition) is 0. The minimum atomic E-state index is 0.425. The Morgan fingerprint density at radius 1 is 1.11 bits per heavy atom. The maximum Gasteiger partial charge on any atom is 0.124 e. The van der Waals surface area contributed by atoms with Gasteiger partial charge in [0.15, 0.2) is 0 Å². The van der Waals surface area contributed by atoms with Gasteiger partial charge < -0.3 is 4.74 Å². The summed E-state index contributed by atoms with van der Waals surface area (Å²) >= 11 is 5.84. The maximum atomic E-state index is 8.82. The van der Waals surface area contributed by atoms with E-state index >= 15 is 0 Å². The number of ether oxygens (including phenoxy) is 1. The Kier molecular flexibility index (Phi) is 4.22. The van der Waals surface area contributed by atoms with Gasteiger partial charge in [0.05, 0.1) is 17.5 Å². The Bertz CT molecular complexity index is 575. The fourth-order valence-electron chi connectivity index (χ4n) is 1.65. The fourth-order valence-corrected chi connectivity index (χ4v) is 1.87. The van der Waals surface area contributed by atoms with Gasteiger partial charge in [0.1, 0.15) is 12.4 Å². The molecule has 0 unspecified atom stereocenters. The lowest BCUT2D eigenvalue weighted by Gasteiger charge is -2.09. The van der Waals surface area contributed by atoms with E-state index in [9.17, 15) is 0 Å². The summed E-state index contributed by atoms with van der Waals surface area (Å²) in [7, 11) is 0. The van der Waals surface area contributed by atoms with Crippen LogP contribution in [0.1, 0.15) is 16.7 Å². The normalized spacial score (nSPS) is 9.78. The van der Waals surface area contributed by atoms with E-state index in [1.54, 1.807) is 6.07 Å². The van der Waals surface area contributed by atoms with Gasteiger partial charge in [0.2, 0.25) is 0 Å². The highest BCUT2D eigenvalue weighted by Crippen LogP contribution is 2.21. The zero-order valence-electron chi connectivity index (χ0n) is 9.77. The number of para-hydroxylation sites is 1. The Labute approximate surface area is 111 Å². The smallest absolute Gasteiger partial charge is 0.124 e. The number of hydrogen-bond acceptors (Lipinski definition) is 2. The van der Waals surface area contributed by atoms with Crippen LogP contribution in [0.2, 0.25) is 0 Å². The molecule has 0 aliphatic heterocycles. The van der Waals surface area contributed by atoms with Crippen molar-refractivity contribution in [3.63, 3.8) is 0 Å². The fraction of sp³-hybridized carbons (Fsp3) is 0.133. The van der Waals surface area contributed by atoms with Gasteiger partial charge in [-0.1, -0.05) is 30.3 Å². The lowest BCUT2D eigenvalue weighted by Crippen LogP contribution is -1.98. The van der Waals surface area contributed by atoms with E-state index in [1.807, 2.05) is 42.5 Å². The van der Waals surface area contributed by atoms with Crippen molar-refractivity contribution in [2.24, 2.45) is 0 Å². The third kappa shape index (κ3) is 3.03. The predicted octanol–water partition coefficient (Wildman–Crippen LogP) is 3.88. The molecule has 0 aliphatic carbocycles. The van der Waals surface area contributed by atoms with Crippen molar-refractivity contribution in [3.05, 3.63) is 65.2 Å². The van der Waals surface area contributed by atoms with Crippen LogP contribution in [0.25, 0.3) is 0 Å². The van der Waals surface area contributed by atoms with E-state index in [2.05, 4.69) is 6.07 Å². The van der Waals surface area contributed by atoms with Crippen LogP contribution in [0.15, 0.2) is 48.5 Å². The molecule has 0 atom stereocenters. The van der Waals surface area contributed by atoms with Crippen LogP contribution in [-0.4, -0.2) is 0 Å². The number of halogens is 1. The zero-order chi connectivity index (χ0) is 12.8. The average molecular weight is 258 g/mol. The zero-order valence-corrected chi connectivity index (χ0v) is 10.5. The van der Waals surface area contributed by atoms with E-state index in [0.29, 0.717) is 18.1 Å². The molecule has 0 saturated carbocycles. The van der Waals surface area contributed by atoms with Gasteiger partial charge in [-0.3, -0.25) is 0 Å². The minimum Gasteiger partial charge on any atom is -0.489 e. The van der Waals surface area contributed by atoms with Crippen molar-refractivity contribution in [2.75, 3.05) is 0 Å². The first-order valence-corrected chi connectivity index (χ1v) is 6.12. The van der Waals surface area contributed by atoms with Crippen molar-refractivity contribution in [2.45, 2.75) is 12.5 Å². The summed E-state index contributed by atoms with van der Waals surface area (Å²) in [6.45, 7) is 0.434. The lowest BCUT2D eigenvalue weighted by atomic mass is 10.1. The summed E-state index contributed by atoms with van der Waals surface area (Å²) in [4.78, 5) is 0. The minimum absolute atomic E-state index is 0.425. The van der Waals surface area contributed by atoms with Gasteiger partial charge in [-0.25, -0.2) is 0 Å². The molecule has 0 saturated heterocycles. The standard InChI is InChI=1S/C15H12ClNO/c16-9-14-6-1-2-7-15(14)18-11-13-5-3-4-12(8-13)10-17/h1-8H,9,11H2. The van der Waals surface area contributed by atoms with Gasteiger partial charge in [0.25, 0.3) is 0 Å². The molecule has 0 amide bonds. The Hall–Kier alpha value is -1.98. The van der Waals surface area contributed by atoms with Crippen LogP contribution < -0.4 is 4.74 Å². The number of nitrogens with zero attached hydrogens (tertiary/aromatic N) is 1. The lowest BCUT2D eigenvalue weighted by molar-refractivity contribution is 0.304. The Morgan fingerprint density at radius 2 is 1.94 bits per heavy atom. The Balaban J connectivity index is 2.09. The summed E-state index contributed by atoms with van der Waals surface area (Å²) in [5.41, 5.74) is 2.58. The number of rotatable bonds is 4. The third-order valence-electron chi connectivity index (χ3n) is 2.57. The SMILES string of the molecule is N#Cc1cccc(COc2ccccc2CCl)c1. The highest BCUT2D eigenvalue weighted by molar-refractivity contribution is 6.17. The molecule has 0 aromatic heterocycles. The number of alkyl halides is 1. The third-order valence-corrected chi connectivity index (χ3v) is 2.85. The molecule has 0 fully saturated rings. The summed E-state index contributed by atoms with van der Waals surface area (Å²) in [5, 5.41) is 8.82. The predicted molar refractivity (Wildman–Crippen MR) is 71.5 cm³/mol. The summed E-state index contributed by atoms with van der Waals surface area (Å²) in [6, 6.07) is 17.2. The first-order valence-electron chi connectivity index (χ1n) is 5.59. The van der Waals surface area contributed by atoms with Gasteiger partial charge >= 0.3 is 0 Å². The van der Waals surface area contributed by atoms with Crippen LogP contribution in [0, 0.1) is 11.3 Å². The first kappa shape index (κ1) is 12.5. The molecule has 90 valence electrons. The van der Waals surface area contributed by atoms with Gasteiger partial charge in [-0.2, -0.15) is 5.26 Å². The van der Waals surface area contributed by atoms with E-state index in [1.165, 1.54) is 0 Å². The maximum absolute atomic E-state index is 8.82. The van der Waals surface area contributed by atoms with E-state index < -0.39 is 0 Å². The molecular formula is C15H12ClNO. The summed E-state index contributed by atoms with van der Waals surface area (Å²) in [5.74, 6) is 1.21. The van der Waals surface area contributed by atoms with Crippen molar-refractivity contribution < 1.29 is 4.74 Å². The molecule has 2 aromatic carbocycles. The molecule has 0 bridgehead atoms. The van der Waals surface area contributed by atoms with Gasteiger partial charge in [-0.05, 0) is 23.8 Å². The molecule has 18 heavy (non-hydrogen) atoms. The van der Waals surface area contributed by atoms with Crippen LogP contribution in [0.4, 0.5) is 0 Å². The first-order chi connectivity index (χ1) is 8.83. The molecule has 0 radical (unpaired) electrons. The molecule has 0 N–H and O–H groups in total. The van der Waals surface area contributed by atoms with E-state index in [-0.39, 0.29) is 0 Å². The van der Waals surface area contributed by atoms with E-state index in [0.717, 1.165) is 16.9 Å². The molecule has 2 aromatic rings. The van der Waals surface area contributed by atoms with Crippen molar-refractivity contribution in [1.29, 1.82) is 5.26 Å². The topological polar surface area (TPSA) is 33.0 Å². The van der Waals surface area contributed by atoms with Crippen LogP contribution >= 0.6 is 11.6 Å².